The van der Waals surface area contributed by atoms with Gasteiger partial charge in [0.15, 0.2) is 0 Å². The maximum absolute atomic E-state index is 11.9. The molecule has 0 heterocycles. The van der Waals surface area contributed by atoms with E-state index in [2.05, 4.69) is 38.7 Å². The van der Waals surface area contributed by atoms with Crippen molar-refractivity contribution in [1.29, 1.82) is 0 Å². The predicted octanol–water partition coefficient (Wildman–Crippen LogP) is 3.62. The van der Waals surface area contributed by atoms with Gasteiger partial charge in [0.2, 0.25) is 5.91 Å². The van der Waals surface area contributed by atoms with Crippen LogP contribution >= 0.6 is 15.9 Å². The summed E-state index contributed by atoms with van der Waals surface area (Å²) in [6.45, 7) is 1.50. The number of carbonyl (C=O) groups is 1. The fourth-order valence-corrected chi connectivity index (χ4v) is 2.51. The van der Waals surface area contributed by atoms with Crippen molar-refractivity contribution in [2.75, 3.05) is 25.5 Å². The number of benzene rings is 2. The Balaban J connectivity index is 1.63. The lowest BCUT2D eigenvalue weighted by molar-refractivity contribution is -0.116. The third kappa shape index (κ3) is 6.04. The van der Waals surface area contributed by atoms with Crippen LogP contribution in [0.2, 0.25) is 0 Å². The van der Waals surface area contributed by atoms with Crippen LogP contribution in [0.4, 0.5) is 5.69 Å². The highest BCUT2D eigenvalue weighted by molar-refractivity contribution is 9.10. The molecule has 0 atom stereocenters. The molecule has 0 aliphatic rings. The molecule has 2 rings (SSSR count). The van der Waals surface area contributed by atoms with Crippen molar-refractivity contribution >= 4 is 27.5 Å². The fourth-order valence-electron chi connectivity index (χ4n) is 2.13. The summed E-state index contributed by atoms with van der Waals surface area (Å²) < 4.78 is 6.02. The molecule has 5 heteroatoms. The third-order valence-electron chi connectivity index (χ3n) is 3.43. The summed E-state index contributed by atoms with van der Waals surface area (Å²) in [5.74, 6) is 0.874. The molecule has 0 unspecified atom stereocenters. The van der Waals surface area contributed by atoms with E-state index in [0.29, 0.717) is 13.0 Å². The summed E-state index contributed by atoms with van der Waals surface area (Å²) in [6, 6.07) is 15.6. The van der Waals surface area contributed by atoms with Crippen LogP contribution in [0.1, 0.15) is 12.0 Å². The van der Waals surface area contributed by atoms with Crippen molar-refractivity contribution in [2.45, 2.75) is 12.8 Å². The monoisotopic (exact) mass is 376 g/mol. The van der Waals surface area contributed by atoms with Crippen molar-refractivity contribution in [3.63, 3.8) is 0 Å². The first-order chi connectivity index (χ1) is 11.2. The number of methoxy groups -OCH3 is 1. The van der Waals surface area contributed by atoms with Crippen LogP contribution in [-0.4, -0.2) is 26.1 Å². The van der Waals surface area contributed by atoms with Gasteiger partial charge < -0.3 is 15.4 Å². The number of anilines is 1. The smallest absolute Gasteiger partial charge is 0.225 e. The Morgan fingerprint density at radius 1 is 1.09 bits per heavy atom. The number of halogens is 1. The molecule has 2 N–H and O–H groups in total. The minimum Gasteiger partial charge on any atom is -0.497 e. The Bertz CT molecular complexity index is 629. The first kappa shape index (κ1) is 17.5. The lowest BCUT2D eigenvalue weighted by atomic mass is 10.1. The molecular weight excluding hydrogens is 356 g/mol. The molecule has 2 aromatic carbocycles. The van der Waals surface area contributed by atoms with Gasteiger partial charge >= 0.3 is 0 Å². The van der Waals surface area contributed by atoms with Crippen molar-refractivity contribution < 1.29 is 9.53 Å². The number of nitrogens with one attached hydrogen (secondary N) is 2. The molecular formula is C18H21BrN2O2. The average molecular weight is 377 g/mol. The Morgan fingerprint density at radius 3 is 2.52 bits per heavy atom. The van der Waals surface area contributed by atoms with E-state index in [1.54, 1.807) is 7.11 Å². The second kappa shape index (κ2) is 9.33. The largest absolute Gasteiger partial charge is 0.497 e. The van der Waals surface area contributed by atoms with Gasteiger partial charge in [-0.15, -0.1) is 0 Å². The highest BCUT2D eigenvalue weighted by atomic mass is 79.9. The van der Waals surface area contributed by atoms with Gasteiger partial charge in [-0.2, -0.15) is 0 Å². The van der Waals surface area contributed by atoms with Crippen LogP contribution in [0.3, 0.4) is 0 Å². The lowest BCUT2D eigenvalue weighted by Crippen LogP contribution is -2.23. The van der Waals surface area contributed by atoms with Crippen LogP contribution < -0.4 is 15.4 Å². The zero-order valence-corrected chi connectivity index (χ0v) is 14.7. The molecule has 0 bridgehead atoms. The topological polar surface area (TPSA) is 50.4 Å². The van der Waals surface area contributed by atoms with Crippen LogP contribution in [0.15, 0.2) is 53.0 Å². The van der Waals surface area contributed by atoms with Crippen LogP contribution in [0, 0.1) is 0 Å². The zero-order valence-electron chi connectivity index (χ0n) is 13.1. The Labute approximate surface area is 145 Å². The molecule has 0 saturated carbocycles. The number of amides is 1. The number of para-hydroxylation sites is 1. The van der Waals surface area contributed by atoms with Crippen molar-refractivity contribution in [3.8, 4) is 5.75 Å². The van der Waals surface area contributed by atoms with Crippen molar-refractivity contribution in [3.05, 3.63) is 58.6 Å². The van der Waals surface area contributed by atoms with E-state index in [4.69, 9.17) is 4.74 Å². The number of rotatable bonds is 8. The average Bonchev–Trinajstić information content (AvgIpc) is 2.57. The minimum atomic E-state index is 0.00819. The van der Waals surface area contributed by atoms with Crippen molar-refractivity contribution in [1.82, 2.24) is 5.32 Å². The third-order valence-corrected chi connectivity index (χ3v) is 4.12. The summed E-state index contributed by atoms with van der Waals surface area (Å²) in [5.41, 5.74) is 2.05. The van der Waals surface area contributed by atoms with Gasteiger partial charge in [-0.25, -0.2) is 0 Å². The molecule has 0 aliphatic carbocycles. The summed E-state index contributed by atoms with van der Waals surface area (Å²) in [6.07, 6.45) is 1.37. The standard InChI is InChI=1S/C18H21BrN2O2/c1-23-15-8-6-14(7-9-15)10-12-20-13-11-18(22)21-17-5-3-2-4-16(17)19/h2-9,20H,10-13H2,1H3,(H,21,22). The van der Waals surface area contributed by atoms with E-state index in [0.717, 1.165) is 28.9 Å². The van der Waals surface area contributed by atoms with Gasteiger partial charge in [0.05, 0.1) is 12.8 Å². The zero-order chi connectivity index (χ0) is 16.5. The number of carbonyl (C=O) groups excluding carboxylic acids is 1. The number of hydrogen-bond acceptors (Lipinski definition) is 3. The highest BCUT2D eigenvalue weighted by Crippen LogP contribution is 2.21. The maximum atomic E-state index is 11.9. The molecule has 0 saturated heterocycles. The maximum Gasteiger partial charge on any atom is 0.225 e. The Kier molecular flexibility index (Phi) is 7.10. The van der Waals surface area contributed by atoms with E-state index in [-0.39, 0.29) is 5.91 Å². The van der Waals surface area contributed by atoms with E-state index in [1.165, 1.54) is 5.56 Å². The van der Waals surface area contributed by atoms with Crippen molar-refractivity contribution in [2.24, 2.45) is 0 Å². The van der Waals surface area contributed by atoms with Crippen LogP contribution in [0.25, 0.3) is 0 Å². The molecule has 0 radical (unpaired) electrons. The normalized spacial score (nSPS) is 10.3. The van der Waals surface area contributed by atoms with Gasteiger partial charge in [-0.05, 0) is 58.7 Å². The van der Waals surface area contributed by atoms with Gasteiger partial charge in [0, 0.05) is 17.4 Å². The van der Waals surface area contributed by atoms with Crippen LogP contribution in [0.5, 0.6) is 5.75 Å². The lowest BCUT2D eigenvalue weighted by Gasteiger charge is -2.08. The van der Waals surface area contributed by atoms with E-state index >= 15 is 0 Å². The molecule has 4 nitrogen and oxygen atoms in total. The summed E-state index contributed by atoms with van der Waals surface area (Å²) >= 11 is 3.41. The first-order valence-electron chi connectivity index (χ1n) is 7.57. The molecule has 0 aromatic heterocycles. The highest BCUT2D eigenvalue weighted by Gasteiger charge is 2.04. The molecule has 23 heavy (non-hydrogen) atoms. The number of ether oxygens (including phenoxy) is 1. The van der Waals surface area contributed by atoms with E-state index < -0.39 is 0 Å². The fraction of sp³-hybridized carbons (Fsp3) is 0.278. The van der Waals surface area contributed by atoms with Crippen LogP contribution in [-0.2, 0) is 11.2 Å². The summed E-state index contributed by atoms with van der Waals surface area (Å²) in [4.78, 5) is 11.9. The summed E-state index contributed by atoms with van der Waals surface area (Å²) in [5, 5.41) is 6.18. The predicted molar refractivity (Wildman–Crippen MR) is 97.0 cm³/mol. The molecule has 122 valence electrons. The van der Waals surface area contributed by atoms with E-state index in [1.807, 2.05) is 36.4 Å². The van der Waals surface area contributed by atoms with Gasteiger partial charge in [0.25, 0.3) is 0 Å². The van der Waals surface area contributed by atoms with Gasteiger partial charge in [-0.3, -0.25) is 4.79 Å². The van der Waals surface area contributed by atoms with Gasteiger partial charge in [0.1, 0.15) is 5.75 Å². The molecule has 0 spiro atoms. The second-order valence-corrected chi connectivity index (χ2v) is 5.98. The molecule has 0 aliphatic heterocycles. The molecule has 2 aromatic rings. The SMILES string of the molecule is COc1ccc(CCNCCC(=O)Nc2ccccc2Br)cc1. The molecule has 0 fully saturated rings. The Morgan fingerprint density at radius 2 is 1.83 bits per heavy atom. The molecule has 1 amide bonds. The van der Waals surface area contributed by atoms with Gasteiger partial charge in [-0.1, -0.05) is 24.3 Å². The quantitative estimate of drug-likeness (QED) is 0.691. The second-order valence-electron chi connectivity index (χ2n) is 5.13. The number of hydrogen-bond donors (Lipinski definition) is 2. The first-order valence-corrected chi connectivity index (χ1v) is 8.36. The Hall–Kier alpha value is -1.85. The minimum absolute atomic E-state index is 0.00819. The summed E-state index contributed by atoms with van der Waals surface area (Å²) in [7, 11) is 1.66. The van der Waals surface area contributed by atoms with E-state index in [9.17, 15) is 4.79 Å².